The van der Waals surface area contributed by atoms with E-state index in [2.05, 4.69) is 0 Å². The molecule has 1 aliphatic heterocycles. The summed E-state index contributed by atoms with van der Waals surface area (Å²) in [6.07, 6.45) is -6.80. The van der Waals surface area contributed by atoms with Gasteiger partial charge in [-0.25, -0.2) is 0 Å². The summed E-state index contributed by atoms with van der Waals surface area (Å²) in [5.74, 6) is -3.17. The van der Waals surface area contributed by atoms with E-state index in [1.54, 1.807) is 24.3 Å². The number of carbonyl (C=O) groups is 4. The molecule has 1 aromatic carbocycles. The Labute approximate surface area is 167 Å². The van der Waals surface area contributed by atoms with Crippen molar-refractivity contribution in [1.82, 2.24) is 0 Å². The van der Waals surface area contributed by atoms with Crippen LogP contribution in [-0.2, 0) is 49.5 Å². The van der Waals surface area contributed by atoms with Crippen molar-refractivity contribution >= 4 is 23.8 Å². The molecule has 0 spiro atoms. The van der Waals surface area contributed by atoms with Crippen LogP contribution in [0.1, 0.15) is 26.3 Å². The van der Waals surface area contributed by atoms with E-state index in [1.165, 1.54) is 0 Å². The molecule has 1 aromatic rings. The Bertz CT molecular complexity index is 751. The predicted molar refractivity (Wildman–Crippen MR) is 95.7 cm³/mol. The number of benzene rings is 1. The maximum atomic E-state index is 11.9. The lowest BCUT2D eigenvalue weighted by molar-refractivity contribution is -0.295. The second-order valence-corrected chi connectivity index (χ2v) is 6.35. The molecule has 29 heavy (non-hydrogen) atoms. The van der Waals surface area contributed by atoms with Crippen LogP contribution in [0, 0.1) is 0 Å². The third-order valence-corrected chi connectivity index (χ3v) is 3.95. The first-order valence-electron chi connectivity index (χ1n) is 8.81. The lowest BCUT2D eigenvalue weighted by Gasteiger charge is -2.43. The topological polar surface area (TPSA) is 140 Å². The minimum absolute atomic E-state index is 0.0271. The highest BCUT2D eigenvalue weighted by atomic mass is 16.7. The average Bonchev–Trinajstić information content (AvgIpc) is 2.62. The number of hydrogen-bond acceptors (Lipinski definition) is 9. The first-order chi connectivity index (χ1) is 13.7. The predicted octanol–water partition coefficient (Wildman–Crippen LogP) is 0.209. The second-order valence-electron chi connectivity index (χ2n) is 6.35. The van der Waals surface area contributed by atoms with E-state index >= 15 is 0 Å². The molecule has 10 nitrogen and oxygen atoms in total. The minimum atomic E-state index is -1.49. The smallest absolute Gasteiger partial charge is 0.305 e. The van der Waals surface area contributed by atoms with E-state index in [4.69, 9.17) is 29.4 Å². The Kier molecular flexibility index (Phi) is 7.68. The fourth-order valence-electron chi connectivity index (χ4n) is 2.89. The van der Waals surface area contributed by atoms with Crippen molar-refractivity contribution in [3.63, 3.8) is 0 Å². The number of rotatable bonds is 7. The lowest BCUT2D eigenvalue weighted by Crippen LogP contribution is -2.64. The molecule has 0 aliphatic carbocycles. The van der Waals surface area contributed by atoms with E-state index in [-0.39, 0.29) is 6.61 Å². The van der Waals surface area contributed by atoms with Crippen LogP contribution in [0.25, 0.3) is 0 Å². The molecule has 0 saturated carbocycles. The maximum absolute atomic E-state index is 11.9. The molecule has 0 radical (unpaired) electrons. The molecule has 1 saturated heterocycles. The first kappa shape index (κ1) is 22.3. The van der Waals surface area contributed by atoms with Gasteiger partial charge in [-0.1, -0.05) is 30.3 Å². The van der Waals surface area contributed by atoms with Crippen molar-refractivity contribution in [2.45, 2.75) is 58.1 Å². The van der Waals surface area contributed by atoms with Crippen molar-refractivity contribution in [2.75, 3.05) is 0 Å². The Morgan fingerprint density at radius 2 is 1.41 bits per heavy atom. The van der Waals surface area contributed by atoms with Gasteiger partial charge in [-0.2, -0.15) is 0 Å². The van der Waals surface area contributed by atoms with Gasteiger partial charge in [-0.3, -0.25) is 19.2 Å². The number of nitrogens with two attached hydrogens (primary N) is 1. The zero-order valence-electron chi connectivity index (χ0n) is 16.2. The second kappa shape index (κ2) is 9.99. The molecular formula is C19H23NO9. The van der Waals surface area contributed by atoms with Gasteiger partial charge in [0.15, 0.2) is 18.3 Å². The van der Waals surface area contributed by atoms with Gasteiger partial charge in [0.2, 0.25) is 6.29 Å². The highest BCUT2D eigenvalue weighted by Gasteiger charge is 2.54. The van der Waals surface area contributed by atoms with Crippen molar-refractivity contribution in [2.24, 2.45) is 5.73 Å². The first-order valence-corrected chi connectivity index (χ1v) is 8.81. The number of primary amides is 1. The number of amides is 1. The Morgan fingerprint density at radius 3 is 1.93 bits per heavy atom. The van der Waals surface area contributed by atoms with E-state index in [0.717, 1.165) is 26.3 Å². The SMILES string of the molecule is CC(=O)OC1[C@H](OC(C)=O)OC(C(N)=O)[C@H](OC(C)=O)[C@@H]1OCc1ccccc1. The van der Waals surface area contributed by atoms with Crippen LogP contribution >= 0.6 is 0 Å². The molecule has 158 valence electrons. The summed E-state index contributed by atoms with van der Waals surface area (Å²) in [4.78, 5) is 46.7. The zero-order chi connectivity index (χ0) is 21.6. The van der Waals surface area contributed by atoms with Gasteiger partial charge in [0.05, 0.1) is 6.61 Å². The summed E-state index contributed by atoms with van der Waals surface area (Å²) >= 11 is 0. The standard InChI is InChI=1S/C19H23NO9/c1-10(21)26-15-14(25-9-13-7-5-4-6-8-13)17(27-11(2)22)19(28-12(3)23)29-16(15)18(20)24/h4-8,14-17,19H,9H2,1-3H3,(H2,20,24)/t14-,15+,16?,17?,19+/m0/s1. The Balaban J connectivity index is 2.40. The van der Waals surface area contributed by atoms with E-state index in [1.807, 2.05) is 6.07 Å². The van der Waals surface area contributed by atoms with E-state index in [0.29, 0.717) is 0 Å². The van der Waals surface area contributed by atoms with Crippen molar-refractivity contribution in [3.05, 3.63) is 35.9 Å². The third-order valence-electron chi connectivity index (χ3n) is 3.95. The summed E-state index contributed by atoms with van der Waals surface area (Å²) < 4.78 is 26.8. The van der Waals surface area contributed by atoms with Crippen molar-refractivity contribution in [3.8, 4) is 0 Å². The fraction of sp³-hybridized carbons (Fsp3) is 0.474. The minimum Gasteiger partial charge on any atom is -0.456 e. The average molecular weight is 409 g/mol. The van der Waals surface area contributed by atoms with Gasteiger partial charge in [0, 0.05) is 20.8 Å². The van der Waals surface area contributed by atoms with Gasteiger partial charge >= 0.3 is 17.9 Å². The molecule has 2 unspecified atom stereocenters. The molecule has 2 N–H and O–H groups in total. The summed E-state index contributed by atoms with van der Waals surface area (Å²) in [6.45, 7) is 3.41. The number of esters is 3. The number of carbonyl (C=O) groups excluding carboxylic acids is 4. The third kappa shape index (κ3) is 6.26. The Hall–Kier alpha value is -2.98. The lowest BCUT2D eigenvalue weighted by atomic mass is 9.97. The van der Waals surface area contributed by atoms with Crippen LogP contribution in [0.3, 0.4) is 0 Å². The van der Waals surface area contributed by atoms with Crippen molar-refractivity contribution < 1.29 is 42.9 Å². The highest BCUT2D eigenvalue weighted by Crippen LogP contribution is 2.30. The van der Waals surface area contributed by atoms with Crippen LogP contribution in [0.2, 0.25) is 0 Å². The summed E-state index contributed by atoms with van der Waals surface area (Å²) in [6, 6.07) is 8.99. The largest absolute Gasteiger partial charge is 0.456 e. The quantitative estimate of drug-likeness (QED) is 0.494. The van der Waals surface area contributed by atoms with Gasteiger partial charge < -0.3 is 29.4 Å². The van der Waals surface area contributed by atoms with Crippen LogP contribution < -0.4 is 5.73 Å². The van der Waals surface area contributed by atoms with Crippen LogP contribution in [0.15, 0.2) is 30.3 Å². The van der Waals surface area contributed by atoms with E-state index < -0.39 is 54.5 Å². The fourth-order valence-corrected chi connectivity index (χ4v) is 2.89. The molecule has 0 bridgehead atoms. The number of hydrogen-bond donors (Lipinski definition) is 1. The molecule has 1 aliphatic rings. The molecule has 2 rings (SSSR count). The molecule has 1 fully saturated rings. The summed E-state index contributed by atoms with van der Waals surface area (Å²) in [5, 5.41) is 0. The van der Waals surface area contributed by atoms with Crippen LogP contribution in [-0.4, -0.2) is 54.5 Å². The highest BCUT2D eigenvalue weighted by molar-refractivity contribution is 5.80. The summed E-state index contributed by atoms with van der Waals surface area (Å²) in [7, 11) is 0. The summed E-state index contributed by atoms with van der Waals surface area (Å²) in [5.41, 5.74) is 6.15. The molecule has 1 heterocycles. The molecular weight excluding hydrogens is 386 g/mol. The van der Waals surface area contributed by atoms with Gasteiger partial charge in [0.1, 0.15) is 6.10 Å². The molecule has 5 atom stereocenters. The zero-order valence-corrected chi connectivity index (χ0v) is 16.2. The normalized spacial score (nSPS) is 26.2. The monoisotopic (exact) mass is 409 g/mol. The molecule has 0 aromatic heterocycles. The van der Waals surface area contributed by atoms with Crippen LogP contribution in [0.4, 0.5) is 0 Å². The van der Waals surface area contributed by atoms with Gasteiger partial charge in [0.25, 0.3) is 5.91 Å². The van der Waals surface area contributed by atoms with Crippen molar-refractivity contribution in [1.29, 1.82) is 0 Å². The molecule has 1 amide bonds. The Morgan fingerprint density at radius 1 is 0.862 bits per heavy atom. The number of ether oxygens (including phenoxy) is 5. The van der Waals surface area contributed by atoms with Gasteiger partial charge in [-0.05, 0) is 5.56 Å². The van der Waals surface area contributed by atoms with E-state index in [9.17, 15) is 19.2 Å². The van der Waals surface area contributed by atoms with Gasteiger partial charge in [-0.15, -0.1) is 0 Å². The maximum Gasteiger partial charge on any atom is 0.305 e. The molecule has 10 heteroatoms. The van der Waals surface area contributed by atoms with Crippen LogP contribution in [0.5, 0.6) is 0 Å².